The Morgan fingerprint density at radius 2 is 1.68 bits per heavy atom. The molecule has 0 aliphatic carbocycles. The lowest BCUT2D eigenvalue weighted by atomic mass is 10.0. The van der Waals surface area contributed by atoms with Gasteiger partial charge in [-0.05, 0) is 47.5 Å². The number of aromatic nitrogens is 3. The third kappa shape index (κ3) is 3.04. The van der Waals surface area contributed by atoms with Gasteiger partial charge in [-0.2, -0.15) is 0 Å². The van der Waals surface area contributed by atoms with E-state index in [1.54, 1.807) is 12.4 Å². The highest BCUT2D eigenvalue weighted by Gasteiger charge is 2.10. The van der Waals surface area contributed by atoms with E-state index in [0.29, 0.717) is 5.82 Å². The van der Waals surface area contributed by atoms with Crippen molar-refractivity contribution in [3.63, 3.8) is 0 Å². The van der Waals surface area contributed by atoms with Gasteiger partial charge in [0.05, 0.1) is 5.52 Å². The van der Waals surface area contributed by atoms with E-state index in [1.807, 2.05) is 49.5 Å². The average molecular weight is 347 g/mol. The van der Waals surface area contributed by atoms with Crippen molar-refractivity contribution >= 4 is 28.3 Å². The minimum atomic E-state index is 0.657. The van der Waals surface area contributed by atoms with E-state index < -0.39 is 0 Å². The lowest BCUT2D eigenvalue weighted by molar-refractivity contribution is 1.20. The van der Waals surface area contributed by atoms with E-state index in [1.165, 1.54) is 0 Å². The van der Waals surface area contributed by atoms with Crippen LogP contribution in [0.1, 0.15) is 0 Å². The van der Waals surface area contributed by atoms with Crippen LogP contribution in [0, 0.1) is 0 Å². The summed E-state index contributed by atoms with van der Waals surface area (Å²) >= 11 is 5.98. The number of fused-ring (bicyclic) bond motifs is 1. The van der Waals surface area contributed by atoms with Crippen LogP contribution in [0.15, 0.2) is 67.0 Å². The number of rotatable bonds is 3. The summed E-state index contributed by atoms with van der Waals surface area (Å²) in [6.45, 7) is 0. The summed E-state index contributed by atoms with van der Waals surface area (Å²) in [5, 5.41) is 4.88. The molecule has 0 saturated heterocycles. The van der Waals surface area contributed by atoms with Crippen LogP contribution in [0.2, 0.25) is 5.02 Å². The highest BCUT2D eigenvalue weighted by atomic mass is 35.5. The number of benzene rings is 2. The summed E-state index contributed by atoms with van der Waals surface area (Å²) in [4.78, 5) is 13.5. The Kier molecular flexibility index (Phi) is 4.04. The fraction of sp³-hybridized carbons (Fsp3) is 0.0500. The minimum absolute atomic E-state index is 0.657. The molecule has 1 N–H and O–H groups in total. The topological polar surface area (TPSA) is 50.7 Å². The van der Waals surface area contributed by atoms with Crippen LogP contribution in [-0.2, 0) is 0 Å². The van der Waals surface area contributed by atoms with Gasteiger partial charge in [-0.3, -0.25) is 4.98 Å². The summed E-state index contributed by atoms with van der Waals surface area (Å²) in [5.41, 5.74) is 3.97. The van der Waals surface area contributed by atoms with Crippen LogP contribution in [0.4, 0.5) is 5.82 Å². The molecular weight excluding hydrogens is 332 g/mol. The van der Waals surface area contributed by atoms with Crippen molar-refractivity contribution in [3.05, 3.63) is 72.0 Å². The van der Waals surface area contributed by atoms with Crippen LogP contribution < -0.4 is 5.32 Å². The molecule has 4 rings (SSSR count). The van der Waals surface area contributed by atoms with Gasteiger partial charge in [-0.15, -0.1) is 0 Å². The molecule has 5 heteroatoms. The third-order valence-corrected chi connectivity index (χ3v) is 4.28. The molecule has 0 saturated carbocycles. The summed E-state index contributed by atoms with van der Waals surface area (Å²) in [6.07, 6.45) is 3.50. The lowest BCUT2D eigenvalue weighted by Crippen LogP contribution is -1.99. The molecular formula is C20H15ClN4. The van der Waals surface area contributed by atoms with Gasteiger partial charge in [-0.25, -0.2) is 9.97 Å². The second kappa shape index (κ2) is 6.49. The first kappa shape index (κ1) is 15.5. The molecule has 0 spiro atoms. The first-order valence-electron chi connectivity index (χ1n) is 7.90. The SMILES string of the molecule is CNc1nc(-c2cccnc2)nc2ccc(-c3ccc(Cl)cc3)cc12. The van der Waals surface area contributed by atoms with Crippen LogP contribution in [-0.4, -0.2) is 22.0 Å². The van der Waals surface area contributed by atoms with Crippen molar-refractivity contribution in [2.45, 2.75) is 0 Å². The molecule has 0 fully saturated rings. The van der Waals surface area contributed by atoms with Crippen molar-refractivity contribution in [3.8, 4) is 22.5 Å². The predicted octanol–water partition coefficient (Wildman–Crippen LogP) is 5.05. The van der Waals surface area contributed by atoms with Gasteiger partial charge in [0.2, 0.25) is 0 Å². The van der Waals surface area contributed by atoms with Crippen LogP contribution in [0.25, 0.3) is 33.4 Å². The smallest absolute Gasteiger partial charge is 0.163 e. The number of halogens is 1. The molecule has 0 aliphatic rings. The normalized spacial score (nSPS) is 10.8. The monoisotopic (exact) mass is 346 g/mol. The first-order chi connectivity index (χ1) is 12.2. The van der Waals surface area contributed by atoms with Crippen molar-refractivity contribution in [1.82, 2.24) is 15.0 Å². The summed E-state index contributed by atoms with van der Waals surface area (Å²) in [5.74, 6) is 1.45. The molecule has 4 nitrogen and oxygen atoms in total. The Labute approximate surface area is 150 Å². The van der Waals surface area contributed by atoms with E-state index in [4.69, 9.17) is 16.6 Å². The first-order valence-corrected chi connectivity index (χ1v) is 8.28. The number of hydrogen-bond acceptors (Lipinski definition) is 4. The Hall–Kier alpha value is -2.98. The largest absolute Gasteiger partial charge is 0.373 e. The zero-order chi connectivity index (χ0) is 17.2. The van der Waals surface area contributed by atoms with Gasteiger partial charge in [0, 0.05) is 35.4 Å². The van der Waals surface area contributed by atoms with Gasteiger partial charge in [-0.1, -0.05) is 29.8 Å². The quantitative estimate of drug-likeness (QED) is 0.563. The molecule has 0 unspecified atom stereocenters. The third-order valence-electron chi connectivity index (χ3n) is 4.03. The maximum Gasteiger partial charge on any atom is 0.163 e. The Morgan fingerprint density at radius 3 is 2.40 bits per heavy atom. The molecule has 0 amide bonds. The van der Waals surface area contributed by atoms with Crippen LogP contribution >= 0.6 is 11.6 Å². The second-order valence-electron chi connectivity index (χ2n) is 5.63. The lowest BCUT2D eigenvalue weighted by Gasteiger charge is -2.10. The maximum atomic E-state index is 5.98. The number of pyridine rings is 1. The number of hydrogen-bond donors (Lipinski definition) is 1. The van der Waals surface area contributed by atoms with Crippen molar-refractivity contribution in [1.29, 1.82) is 0 Å². The highest BCUT2D eigenvalue weighted by Crippen LogP contribution is 2.29. The predicted molar refractivity (Wildman–Crippen MR) is 103 cm³/mol. The molecule has 25 heavy (non-hydrogen) atoms. The van der Waals surface area contributed by atoms with E-state index in [9.17, 15) is 0 Å². The highest BCUT2D eigenvalue weighted by molar-refractivity contribution is 6.30. The molecule has 0 bridgehead atoms. The number of anilines is 1. The average Bonchev–Trinajstić information content (AvgIpc) is 2.68. The molecule has 2 heterocycles. The van der Waals surface area contributed by atoms with Gasteiger partial charge in [0.15, 0.2) is 5.82 Å². The van der Waals surface area contributed by atoms with Gasteiger partial charge >= 0.3 is 0 Å². The molecule has 0 aliphatic heterocycles. The Bertz CT molecular complexity index is 1030. The van der Waals surface area contributed by atoms with E-state index in [0.717, 1.165) is 38.4 Å². The minimum Gasteiger partial charge on any atom is -0.373 e. The fourth-order valence-electron chi connectivity index (χ4n) is 2.77. The molecule has 4 aromatic rings. The van der Waals surface area contributed by atoms with Gasteiger partial charge in [0.25, 0.3) is 0 Å². The summed E-state index contributed by atoms with van der Waals surface area (Å²) in [6, 6.07) is 17.8. The van der Waals surface area contributed by atoms with Crippen molar-refractivity contribution in [2.75, 3.05) is 12.4 Å². The Morgan fingerprint density at radius 1 is 0.880 bits per heavy atom. The molecule has 122 valence electrons. The van der Waals surface area contributed by atoms with Crippen molar-refractivity contribution < 1.29 is 0 Å². The van der Waals surface area contributed by atoms with Crippen LogP contribution in [0.5, 0.6) is 0 Å². The van der Waals surface area contributed by atoms with E-state index in [-0.39, 0.29) is 0 Å². The Balaban J connectivity index is 1.86. The summed E-state index contributed by atoms with van der Waals surface area (Å²) in [7, 11) is 1.86. The van der Waals surface area contributed by atoms with Gasteiger partial charge < -0.3 is 5.32 Å². The number of nitrogens with zero attached hydrogens (tertiary/aromatic N) is 3. The van der Waals surface area contributed by atoms with E-state index >= 15 is 0 Å². The van der Waals surface area contributed by atoms with Crippen LogP contribution in [0.3, 0.4) is 0 Å². The van der Waals surface area contributed by atoms with E-state index in [2.05, 4.69) is 27.4 Å². The fourth-order valence-corrected chi connectivity index (χ4v) is 2.89. The second-order valence-corrected chi connectivity index (χ2v) is 6.06. The maximum absolute atomic E-state index is 5.98. The molecule has 0 radical (unpaired) electrons. The summed E-state index contributed by atoms with van der Waals surface area (Å²) < 4.78 is 0. The molecule has 0 atom stereocenters. The van der Waals surface area contributed by atoms with Gasteiger partial charge in [0.1, 0.15) is 5.82 Å². The van der Waals surface area contributed by atoms with Crippen molar-refractivity contribution in [2.24, 2.45) is 0 Å². The number of nitrogens with one attached hydrogen (secondary N) is 1. The zero-order valence-electron chi connectivity index (χ0n) is 13.6. The molecule has 2 aromatic heterocycles. The standard InChI is InChI=1S/C20H15ClN4/c1-22-20-17-11-14(13-4-7-16(21)8-5-13)6-9-18(17)24-19(25-20)15-3-2-10-23-12-15/h2-12H,1H3,(H,22,24,25). The zero-order valence-corrected chi connectivity index (χ0v) is 14.3. The molecule has 2 aromatic carbocycles.